The molecule has 0 N–H and O–H groups in total. The number of sulfone groups is 1. The fourth-order valence-corrected chi connectivity index (χ4v) is 5.57. The molecule has 1 aliphatic carbocycles. The molecule has 1 saturated carbocycles. The van der Waals surface area contributed by atoms with Crippen molar-refractivity contribution in [2.75, 3.05) is 5.75 Å². The van der Waals surface area contributed by atoms with Crippen LogP contribution in [0.5, 0.6) is 0 Å². The van der Waals surface area contributed by atoms with Gasteiger partial charge in [-0.3, -0.25) is 0 Å². The molecule has 2 nitrogen and oxygen atoms in total. The molecular weight excluding hydrogens is 328 g/mol. The predicted octanol–water partition coefficient (Wildman–Crippen LogP) is 5.57. The van der Waals surface area contributed by atoms with Crippen LogP contribution >= 0.6 is 0 Å². The van der Waals surface area contributed by atoms with Crippen LogP contribution in [-0.2, 0) is 9.84 Å². The molecule has 0 radical (unpaired) electrons. The first-order valence-electron chi connectivity index (χ1n) is 9.25. The zero-order valence-electron chi connectivity index (χ0n) is 15.5. The zero-order chi connectivity index (χ0) is 18.0. The van der Waals surface area contributed by atoms with Gasteiger partial charge in [0.1, 0.15) is 0 Å². The molecule has 134 valence electrons. The van der Waals surface area contributed by atoms with Gasteiger partial charge in [0, 0.05) is 0 Å². The van der Waals surface area contributed by atoms with Crippen LogP contribution in [0.25, 0.3) is 11.1 Å². The van der Waals surface area contributed by atoms with Crippen molar-refractivity contribution >= 4 is 9.84 Å². The molecule has 1 fully saturated rings. The van der Waals surface area contributed by atoms with E-state index in [9.17, 15) is 8.42 Å². The molecule has 2 aromatic rings. The van der Waals surface area contributed by atoms with Gasteiger partial charge in [0.15, 0.2) is 9.84 Å². The highest BCUT2D eigenvalue weighted by atomic mass is 32.2. The molecule has 0 bridgehead atoms. The maximum Gasteiger partial charge on any atom is 0.178 e. The first kappa shape index (κ1) is 18.2. The van der Waals surface area contributed by atoms with E-state index in [1.807, 2.05) is 19.1 Å². The van der Waals surface area contributed by atoms with Gasteiger partial charge in [0.25, 0.3) is 0 Å². The Morgan fingerprint density at radius 2 is 1.56 bits per heavy atom. The van der Waals surface area contributed by atoms with E-state index in [0.29, 0.717) is 16.6 Å². The average molecular weight is 357 g/mol. The van der Waals surface area contributed by atoms with Gasteiger partial charge in [0.2, 0.25) is 0 Å². The third kappa shape index (κ3) is 4.33. The second-order valence-corrected chi connectivity index (χ2v) is 9.78. The van der Waals surface area contributed by atoms with E-state index in [1.54, 1.807) is 6.07 Å². The Labute approximate surface area is 152 Å². The van der Waals surface area contributed by atoms with E-state index in [1.165, 1.54) is 5.56 Å². The largest absolute Gasteiger partial charge is 0.224 e. The van der Waals surface area contributed by atoms with Gasteiger partial charge in [0.05, 0.1) is 10.6 Å². The minimum absolute atomic E-state index is 0.295. The maximum atomic E-state index is 12.8. The van der Waals surface area contributed by atoms with Gasteiger partial charge in [-0.1, -0.05) is 55.7 Å². The Balaban J connectivity index is 1.80. The lowest BCUT2D eigenvalue weighted by molar-refractivity contribution is 0.308. The summed E-state index contributed by atoms with van der Waals surface area (Å²) in [5.74, 6) is 1.36. The summed E-state index contributed by atoms with van der Waals surface area (Å²) in [5, 5.41) is 0. The third-order valence-electron chi connectivity index (χ3n) is 5.51. The third-order valence-corrected chi connectivity index (χ3v) is 7.39. The van der Waals surface area contributed by atoms with E-state index < -0.39 is 9.84 Å². The molecule has 0 unspecified atom stereocenters. The summed E-state index contributed by atoms with van der Waals surface area (Å²) in [5.41, 5.74) is 4.48. The van der Waals surface area contributed by atoms with Crippen molar-refractivity contribution in [3.8, 4) is 11.1 Å². The Bertz CT molecular complexity index is 827. The van der Waals surface area contributed by atoms with E-state index >= 15 is 0 Å². The van der Waals surface area contributed by atoms with Gasteiger partial charge < -0.3 is 0 Å². The molecule has 0 aromatic heterocycles. The number of rotatable bonds is 4. The molecule has 0 saturated heterocycles. The average Bonchev–Trinajstić information content (AvgIpc) is 2.58. The summed E-state index contributed by atoms with van der Waals surface area (Å²) < 4.78 is 25.7. The Morgan fingerprint density at radius 1 is 0.920 bits per heavy atom. The zero-order valence-corrected chi connectivity index (χ0v) is 16.3. The number of benzene rings is 2. The van der Waals surface area contributed by atoms with Crippen molar-refractivity contribution in [3.63, 3.8) is 0 Å². The predicted molar refractivity (Wildman–Crippen MR) is 105 cm³/mol. The number of hydrogen-bond acceptors (Lipinski definition) is 2. The Morgan fingerprint density at radius 3 is 2.16 bits per heavy atom. The highest BCUT2D eigenvalue weighted by Crippen LogP contribution is 2.32. The number of hydrogen-bond donors (Lipinski definition) is 0. The van der Waals surface area contributed by atoms with E-state index in [0.717, 1.165) is 48.3 Å². The maximum absolute atomic E-state index is 12.8. The summed E-state index contributed by atoms with van der Waals surface area (Å²) in [4.78, 5) is 0.472. The minimum atomic E-state index is -3.21. The fraction of sp³-hybridized carbons (Fsp3) is 0.455. The Hall–Kier alpha value is -1.61. The second-order valence-electron chi connectivity index (χ2n) is 7.75. The minimum Gasteiger partial charge on any atom is -0.224 e. The molecule has 0 spiro atoms. The van der Waals surface area contributed by atoms with Gasteiger partial charge >= 0.3 is 0 Å². The molecule has 0 amide bonds. The SMILES string of the molecule is Cc1ccc(-c2ccc(S(=O)(=O)CC3CCC(C)CC3)cc2C)cc1. The molecule has 1 aliphatic rings. The van der Waals surface area contributed by atoms with Crippen LogP contribution in [0, 0.1) is 25.7 Å². The van der Waals surface area contributed by atoms with E-state index in [2.05, 4.69) is 38.1 Å². The van der Waals surface area contributed by atoms with Crippen LogP contribution in [0.2, 0.25) is 0 Å². The first-order valence-corrected chi connectivity index (χ1v) is 10.9. The lowest BCUT2D eigenvalue weighted by Gasteiger charge is -2.25. The van der Waals surface area contributed by atoms with Crippen LogP contribution < -0.4 is 0 Å². The first-order chi connectivity index (χ1) is 11.8. The van der Waals surface area contributed by atoms with Crippen molar-refractivity contribution in [1.82, 2.24) is 0 Å². The van der Waals surface area contributed by atoms with Crippen molar-refractivity contribution in [3.05, 3.63) is 53.6 Å². The van der Waals surface area contributed by atoms with Crippen molar-refractivity contribution < 1.29 is 8.42 Å². The molecular formula is C22H28O2S. The van der Waals surface area contributed by atoms with E-state index in [4.69, 9.17) is 0 Å². The van der Waals surface area contributed by atoms with Crippen molar-refractivity contribution in [2.24, 2.45) is 11.8 Å². The van der Waals surface area contributed by atoms with Crippen LogP contribution in [0.1, 0.15) is 43.7 Å². The molecule has 0 aliphatic heterocycles. The highest BCUT2D eigenvalue weighted by molar-refractivity contribution is 7.91. The molecule has 3 heteroatoms. The molecule has 3 rings (SSSR count). The summed E-state index contributed by atoms with van der Waals surface area (Å²) in [7, 11) is -3.21. The quantitative estimate of drug-likeness (QED) is 0.717. The molecule has 0 atom stereocenters. The van der Waals surface area contributed by atoms with Crippen molar-refractivity contribution in [1.29, 1.82) is 0 Å². The standard InChI is InChI=1S/C22H28O2S/c1-16-4-8-19(9-5-16)15-25(23,24)21-12-13-22(18(3)14-21)20-10-6-17(2)7-11-20/h6-7,10-14,16,19H,4-5,8-9,15H2,1-3H3. The van der Waals surface area contributed by atoms with Crippen LogP contribution in [0.4, 0.5) is 0 Å². The molecule has 2 aromatic carbocycles. The van der Waals surface area contributed by atoms with Crippen LogP contribution in [-0.4, -0.2) is 14.2 Å². The van der Waals surface area contributed by atoms with Gasteiger partial charge in [-0.2, -0.15) is 0 Å². The monoisotopic (exact) mass is 356 g/mol. The lowest BCUT2D eigenvalue weighted by atomic mass is 9.84. The Kier molecular flexibility index (Phi) is 5.33. The second kappa shape index (κ2) is 7.33. The van der Waals surface area contributed by atoms with Crippen molar-refractivity contribution in [2.45, 2.75) is 51.3 Å². The topological polar surface area (TPSA) is 34.1 Å². The summed E-state index contributed by atoms with van der Waals surface area (Å²) in [6.07, 6.45) is 4.40. The molecule has 0 heterocycles. The lowest BCUT2D eigenvalue weighted by Crippen LogP contribution is -2.21. The van der Waals surface area contributed by atoms with Crippen LogP contribution in [0.3, 0.4) is 0 Å². The van der Waals surface area contributed by atoms with Gasteiger partial charge in [-0.25, -0.2) is 8.42 Å². The normalized spacial score (nSPS) is 21.2. The van der Waals surface area contributed by atoms with Gasteiger partial charge in [-0.15, -0.1) is 0 Å². The molecule has 25 heavy (non-hydrogen) atoms. The fourth-order valence-electron chi connectivity index (χ4n) is 3.79. The summed E-state index contributed by atoms with van der Waals surface area (Å²) in [6.45, 7) is 6.33. The highest BCUT2D eigenvalue weighted by Gasteiger charge is 2.25. The van der Waals surface area contributed by atoms with Gasteiger partial charge in [-0.05, 0) is 67.3 Å². The van der Waals surface area contributed by atoms with Crippen LogP contribution in [0.15, 0.2) is 47.4 Å². The number of aryl methyl sites for hydroxylation is 2. The summed E-state index contributed by atoms with van der Waals surface area (Å²) >= 11 is 0. The smallest absolute Gasteiger partial charge is 0.178 e. The van der Waals surface area contributed by atoms with E-state index in [-0.39, 0.29) is 0 Å². The summed E-state index contributed by atoms with van der Waals surface area (Å²) in [6, 6.07) is 13.9.